The summed E-state index contributed by atoms with van der Waals surface area (Å²) in [5, 5.41) is 2.87. The van der Waals surface area contributed by atoms with Gasteiger partial charge in [0.25, 0.3) is 5.91 Å². The van der Waals surface area contributed by atoms with E-state index in [-0.39, 0.29) is 17.5 Å². The molecule has 0 spiro atoms. The molecular weight excluding hydrogens is 365 g/mol. The Kier molecular flexibility index (Phi) is 6.33. The number of halogens is 2. The van der Waals surface area contributed by atoms with E-state index in [1.807, 2.05) is 0 Å². The van der Waals surface area contributed by atoms with Gasteiger partial charge < -0.3 is 10.1 Å². The average Bonchev–Trinajstić information content (AvgIpc) is 3.01. The van der Waals surface area contributed by atoms with Gasteiger partial charge in [-0.15, -0.1) is 0 Å². The van der Waals surface area contributed by atoms with Gasteiger partial charge in [0, 0.05) is 22.2 Å². The fraction of sp³-hybridized carbons (Fsp3) is 0.412. The molecule has 1 aromatic rings. The lowest BCUT2D eigenvalue weighted by molar-refractivity contribution is -0.150. The van der Waals surface area contributed by atoms with Crippen LogP contribution in [-0.2, 0) is 14.3 Å². The third-order valence-corrected chi connectivity index (χ3v) is 4.21. The molecule has 2 rings (SSSR count). The molecule has 1 aliphatic carbocycles. The van der Waals surface area contributed by atoms with E-state index in [1.54, 1.807) is 12.1 Å². The minimum atomic E-state index is -0.875. The lowest BCUT2D eigenvalue weighted by Crippen LogP contribution is -2.40. The van der Waals surface area contributed by atoms with E-state index in [2.05, 4.69) is 21.2 Å². The molecule has 1 aliphatic rings. The SMILES string of the molecule is C[C@H](OC(=O)/C=C/c1cc(Br)ccc1F)C(=O)NC1CCCC1. The summed E-state index contributed by atoms with van der Waals surface area (Å²) in [6.07, 6.45) is 5.72. The van der Waals surface area contributed by atoms with E-state index in [9.17, 15) is 14.0 Å². The Labute approximate surface area is 143 Å². The Morgan fingerprint density at radius 3 is 2.78 bits per heavy atom. The van der Waals surface area contributed by atoms with Crippen molar-refractivity contribution in [3.63, 3.8) is 0 Å². The second kappa shape index (κ2) is 8.24. The predicted octanol–water partition coefficient (Wildman–Crippen LogP) is 3.59. The maximum atomic E-state index is 13.5. The first-order valence-electron chi connectivity index (χ1n) is 7.60. The second-order valence-corrected chi connectivity index (χ2v) is 6.48. The highest BCUT2D eigenvalue weighted by Crippen LogP contribution is 2.18. The molecule has 23 heavy (non-hydrogen) atoms. The Morgan fingerprint density at radius 1 is 1.39 bits per heavy atom. The summed E-state index contributed by atoms with van der Waals surface area (Å²) in [4.78, 5) is 23.7. The molecule has 1 amide bonds. The van der Waals surface area contributed by atoms with Gasteiger partial charge in [-0.2, -0.15) is 0 Å². The van der Waals surface area contributed by atoms with E-state index < -0.39 is 17.9 Å². The molecule has 1 aromatic carbocycles. The summed E-state index contributed by atoms with van der Waals surface area (Å²) in [7, 11) is 0. The number of hydrogen-bond donors (Lipinski definition) is 1. The molecule has 6 heteroatoms. The molecule has 1 fully saturated rings. The zero-order chi connectivity index (χ0) is 16.8. The Hall–Kier alpha value is -1.69. The van der Waals surface area contributed by atoms with Crippen molar-refractivity contribution in [1.82, 2.24) is 5.32 Å². The lowest BCUT2D eigenvalue weighted by atomic mass is 10.2. The van der Waals surface area contributed by atoms with Gasteiger partial charge >= 0.3 is 5.97 Å². The number of esters is 1. The molecule has 4 nitrogen and oxygen atoms in total. The molecule has 0 aromatic heterocycles. The van der Waals surface area contributed by atoms with E-state index in [4.69, 9.17) is 4.74 Å². The van der Waals surface area contributed by atoms with Gasteiger partial charge in [-0.3, -0.25) is 4.79 Å². The van der Waals surface area contributed by atoms with Gasteiger partial charge in [0.1, 0.15) is 5.82 Å². The van der Waals surface area contributed by atoms with Crippen LogP contribution in [0.5, 0.6) is 0 Å². The number of carbonyl (C=O) groups excluding carboxylic acids is 2. The van der Waals surface area contributed by atoms with Crippen LogP contribution in [0.3, 0.4) is 0 Å². The topological polar surface area (TPSA) is 55.4 Å². The van der Waals surface area contributed by atoms with Crippen LogP contribution in [-0.4, -0.2) is 24.0 Å². The van der Waals surface area contributed by atoms with Crippen molar-refractivity contribution in [2.24, 2.45) is 0 Å². The van der Waals surface area contributed by atoms with Crippen LogP contribution < -0.4 is 5.32 Å². The predicted molar refractivity (Wildman–Crippen MR) is 89.1 cm³/mol. The Balaban J connectivity index is 1.86. The second-order valence-electron chi connectivity index (χ2n) is 5.57. The van der Waals surface area contributed by atoms with Gasteiger partial charge in [-0.1, -0.05) is 28.8 Å². The molecule has 124 valence electrons. The first-order valence-corrected chi connectivity index (χ1v) is 8.39. The number of ether oxygens (including phenoxy) is 1. The lowest BCUT2D eigenvalue weighted by Gasteiger charge is -2.16. The molecule has 0 heterocycles. The summed E-state index contributed by atoms with van der Waals surface area (Å²) in [5.74, 6) is -1.42. The van der Waals surface area contributed by atoms with Gasteiger partial charge in [-0.05, 0) is 44.0 Å². The molecule has 0 aliphatic heterocycles. The monoisotopic (exact) mass is 383 g/mol. The summed E-state index contributed by atoms with van der Waals surface area (Å²) >= 11 is 3.23. The number of rotatable bonds is 5. The summed E-state index contributed by atoms with van der Waals surface area (Å²) in [6.45, 7) is 1.52. The number of carbonyl (C=O) groups is 2. The quantitative estimate of drug-likeness (QED) is 0.624. The van der Waals surface area contributed by atoms with E-state index in [0.29, 0.717) is 4.47 Å². The third kappa shape index (κ3) is 5.46. The number of hydrogen-bond acceptors (Lipinski definition) is 3. The third-order valence-electron chi connectivity index (χ3n) is 3.72. The minimum Gasteiger partial charge on any atom is -0.449 e. The fourth-order valence-corrected chi connectivity index (χ4v) is 2.83. The normalized spacial score (nSPS) is 16.5. The average molecular weight is 384 g/mol. The highest BCUT2D eigenvalue weighted by atomic mass is 79.9. The van der Waals surface area contributed by atoms with E-state index in [1.165, 1.54) is 19.1 Å². The first kappa shape index (κ1) is 17.7. The zero-order valence-electron chi connectivity index (χ0n) is 12.9. The highest BCUT2D eigenvalue weighted by molar-refractivity contribution is 9.10. The number of nitrogens with one attached hydrogen (secondary N) is 1. The van der Waals surface area contributed by atoms with Gasteiger partial charge in [0.15, 0.2) is 6.10 Å². The summed E-state index contributed by atoms with van der Waals surface area (Å²) < 4.78 is 19.3. The van der Waals surface area contributed by atoms with Crippen LogP contribution in [0.25, 0.3) is 6.08 Å². The van der Waals surface area contributed by atoms with Gasteiger partial charge in [-0.25, -0.2) is 9.18 Å². The Morgan fingerprint density at radius 2 is 2.09 bits per heavy atom. The minimum absolute atomic E-state index is 0.176. The van der Waals surface area contributed by atoms with Crippen LogP contribution in [0.4, 0.5) is 4.39 Å². The maximum Gasteiger partial charge on any atom is 0.331 e. The summed E-state index contributed by atoms with van der Waals surface area (Å²) in [6, 6.07) is 4.60. The van der Waals surface area contributed by atoms with E-state index in [0.717, 1.165) is 31.8 Å². The maximum absolute atomic E-state index is 13.5. The standard InChI is InChI=1S/C17H19BrFNO3/c1-11(17(22)20-14-4-2-3-5-14)23-16(21)9-6-12-10-13(18)7-8-15(12)19/h6-11,14H,2-5H2,1H3,(H,20,22)/b9-6+/t11-/m0/s1. The highest BCUT2D eigenvalue weighted by Gasteiger charge is 2.22. The largest absolute Gasteiger partial charge is 0.449 e. The zero-order valence-corrected chi connectivity index (χ0v) is 14.4. The van der Waals surface area contributed by atoms with Crippen LogP contribution in [0.1, 0.15) is 38.2 Å². The smallest absolute Gasteiger partial charge is 0.331 e. The van der Waals surface area contributed by atoms with Crippen LogP contribution in [0.2, 0.25) is 0 Å². The number of benzene rings is 1. The van der Waals surface area contributed by atoms with Crippen molar-refractivity contribution in [1.29, 1.82) is 0 Å². The van der Waals surface area contributed by atoms with Crippen LogP contribution >= 0.6 is 15.9 Å². The fourth-order valence-electron chi connectivity index (χ4n) is 2.46. The molecule has 0 bridgehead atoms. The molecular formula is C17H19BrFNO3. The first-order chi connectivity index (χ1) is 11.0. The van der Waals surface area contributed by atoms with Gasteiger partial charge in [0.2, 0.25) is 0 Å². The molecule has 1 saturated carbocycles. The van der Waals surface area contributed by atoms with Crippen molar-refractivity contribution in [2.45, 2.75) is 44.8 Å². The Bertz CT molecular complexity index is 612. The van der Waals surface area contributed by atoms with Crippen molar-refractivity contribution >= 4 is 33.9 Å². The van der Waals surface area contributed by atoms with Crippen molar-refractivity contribution in [3.05, 3.63) is 40.1 Å². The van der Waals surface area contributed by atoms with Crippen molar-refractivity contribution in [3.8, 4) is 0 Å². The molecule has 0 radical (unpaired) electrons. The van der Waals surface area contributed by atoms with Crippen LogP contribution in [0.15, 0.2) is 28.7 Å². The van der Waals surface area contributed by atoms with Crippen LogP contribution in [0, 0.1) is 5.82 Å². The molecule has 1 atom stereocenters. The molecule has 0 saturated heterocycles. The van der Waals surface area contributed by atoms with E-state index >= 15 is 0 Å². The van der Waals surface area contributed by atoms with Gasteiger partial charge in [0.05, 0.1) is 0 Å². The molecule has 0 unspecified atom stereocenters. The summed E-state index contributed by atoms with van der Waals surface area (Å²) in [5.41, 5.74) is 0.263. The molecule has 1 N–H and O–H groups in total. The number of amides is 1. The van der Waals surface area contributed by atoms with Crippen molar-refractivity contribution < 1.29 is 18.7 Å². The van der Waals surface area contributed by atoms with Crippen molar-refractivity contribution in [2.75, 3.05) is 0 Å².